The lowest BCUT2D eigenvalue weighted by molar-refractivity contribution is 0.0771. The van der Waals surface area contributed by atoms with Gasteiger partial charge in [-0.1, -0.05) is 37.3 Å². The number of carbonyl (C=O) groups is 1. The van der Waals surface area contributed by atoms with Gasteiger partial charge in [0.1, 0.15) is 5.75 Å². The summed E-state index contributed by atoms with van der Waals surface area (Å²) < 4.78 is 5.31. The van der Waals surface area contributed by atoms with Crippen molar-refractivity contribution in [2.45, 2.75) is 38.5 Å². The fourth-order valence-electron chi connectivity index (χ4n) is 3.07. The Hall–Kier alpha value is -1.06. The molecule has 1 saturated carbocycles. The molecule has 1 aliphatic rings. The lowest BCUT2D eigenvalue weighted by atomic mass is 9.74. The largest absolute Gasteiger partial charge is 0.496 e. The van der Waals surface area contributed by atoms with Crippen molar-refractivity contribution in [3.8, 4) is 5.75 Å². The van der Waals surface area contributed by atoms with Crippen molar-refractivity contribution in [2.24, 2.45) is 11.1 Å². The first-order valence-electron chi connectivity index (χ1n) is 7.21. The Balaban J connectivity index is 2.39. The Bertz CT molecular complexity index is 479. The van der Waals surface area contributed by atoms with Crippen LogP contribution in [-0.4, -0.2) is 19.4 Å². The first kappa shape index (κ1) is 15.3. The van der Waals surface area contributed by atoms with Crippen molar-refractivity contribution in [2.75, 3.05) is 13.7 Å². The van der Waals surface area contributed by atoms with Crippen LogP contribution in [0.2, 0.25) is 5.02 Å². The molecule has 110 valence electrons. The maximum absolute atomic E-state index is 13.0. The third-order valence-corrected chi connectivity index (χ3v) is 4.57. The Morgan fingerprint density at radius 2 is 1.95 bits per heavy atom. The van der Waals surface area contributed by atoms with E-state index >= 15 is 0 Å². The number of methoxy groups -OCH3 is 1. The fourth-order valence-corrected chi connectivity index (χ4v) is 3.24. The minimum absolute atomic E-state index is 0.0845. The third-order valence-electron chi connectivity index (χ3n) is 4.34. The van der Waals surface area contributed by atoms with Crippen LogP contribution < -0.4 is 10.5 Å². The molecule has 0 bridgehead atoms. The van der Waals surface area contributed by atoms with Crippen LogP contribution in [0.25, 0.3) is 0 Å². The predicted molar refractivity (Wildman–Crippen MR) is 81.5 cm³/mol. The van der Waals surface area contributed by atoms with Gasteiger partial charge in [-0.05, 0) is 31.0 Å². The summed E-state index contributed by atoms with van der Waals surface area (Å²) >= 11 is 6.04. The first-order valence-corrected chi connectivity index (χ1v) is 7.59. The van der Waals surface area contributed by atoms with Crippen molar-refractivity contribution in [1.29, 1.82) is 0 Å². The van der Waals surface area contributed by atoms with E-state index < -0.39 is 5.41 Å². The van der Waals surface area contributed by atoms with E-state index in [0.29, 0.717) is 22.9 Å². The van der Waals surface area contributed by atoms with Gasteiger partial charge in [0.2, 0.25) is 0 Å². The number of halogens is 1. The number of hydrogen-bond donors (Lipinski definition) is 1. The maximum Gasteiger partial charge on any atom is 0.174 e. The molecule has 0 heterocycles. The highest BCUT2D eigenvalue weighted by atomic mass is 35.5. The highest BCUT2D eigenvalue weighted by Gasteiger charge is 2.38. The molecule has 0 aromatic heterocycles. The highest BCUT2D eigenvalue weighted by Crippen LogP contribution is 2.39. The minimum Gasteiger partial charge on any atom is -0.496 e. The van der Waals surface area contributed by atoms with Crippen LogP contribution in [0.5, 0.6) is 5.75 Å². The number of hydrogen-bond acceptors (Lipinski definition) is 3. The summed E-state index contributed by atoms with van der Waals surface area (Å²) in [6, 6.07) is 5.18. The van der Waals surface area contributed by atoms with E-state index in [1.165, 1.54) is 12.8 Å². The van der Waals surface area contributed by atoms with Gasteiger partial charge in [-0.25, -0.2) is 0 Å². The molecule has 0 radical (unpaired) electrons. The molecule has 3 nitrogen and oxygen atoms in total. The number of carbonyl (C=O) groups excluding carboxylic acids is 1. The second-order valence-electron chi connectivity index (χ2n) is 5.57. The van der Waals surface area contributed by atoms with Crippen molar-refractivity contribution >= 4 is 17.4 Å². The summed E-state index contributed by atoms with van der Waals surface area (Å²) in [5.41, 5.74) is 6.09. The lowest BCUT2D eigenvalue weighted by Crippen LogP contribution is -2.38. The van der Waals surface area contributed by atoms with Gasteiger partial charge >= 0.3 is 0 Å². The van der Waals surface area contributed by atoms with E-state index in [1.54, 1.807) is 25.3 Å². The summed E-state index contributed by atoms with van der Waals surface area (Å²) in [7, 11) is 1.57. The molecule has 0 amide bonds. The monoisotopic (exact) mass is 295 g/mol. The molecule has 1 aromatic carbocycles. The quantitative estimate of drug-likeness (QED) is 0.678. The fraction of sp³-hybridized carbons (Fsp3) is 0.562. The van der Waals surface area contributed by atoms with Gasteiger partial charge in [-0.15, -0.1) is 0 Å². The molecular weight excluding hydrogens is 274 g/mol. The molecule has 1 aromatic rings. The number of ketones is 1. The number of Topliss-reactive ketones (excluding diaryl/α,β-unsaturated/α-hetero) is 1. The van der Waals surface area contributed by atoms with Gasteiger partial charge in [0.25, 0.3) is 0 Å². The van der Waals surface area contributed by atoms with Gasteiger partial charge in [0, 0.05) is 17.0 Å². The van der Waals surface area contributed by atoms with E-state index in [9.17, 15) is 4.79 Å². The molecule has 0 atom stereocenters. The Morgan fingerprint density at radius 3 is 2.50 bits per heavy atom. The molecule has 0 saturated heterocycles. The summed E-state index contributed by atoms with van der Waals surface area (Å²) in [5.74, 6) is 0.665. The summed E-state index contributed by atoms with van der Waals surface area (Å²) in [4.78, 5) is 13.0. The van der Waals surface area contributed by atoms with Crippen LogP contribution in [-0.2, 0) is 0 Å². The molecule has 20 heavy (non-hydrogen) atoms. The second-order valence-corrected chi connectivity index (χ2v) is 6.01. The normalized spacial score (nSPS) is 18.4. The van der Waals surface area contributed by atoms with Crippen molar-refractivity contribution in [3.05, 3.63) is 28.8 Å². The summed E-state index contributed by atoms with van der Waals surface area (Å²) in [6.45, 7) is 0.390. The van der Waals surface area contributed by atoms with Gasteiger partial charge < -0.3 is 10.5 Å². The summed E-state index contributed by atoms with van der Waals surface area (Å²) in [5, 5.41) is 0.551. The molecule has 1 aliphatic carbocycles. The molecule has 2 rings (SSSR count). The van der Waals surface area contributed by atoms with Crippen LogP contribution in [0.4, 0.5) is 0 Å². The standard InChI is InChI=1S/C16H22ClNO2/c1-20-14-7-6-12(17)10-13(14)15(19)16(11-18)8-4-2-3-5-9-16/h6-7,10H,2-5,8-9,11,18H2,1H3. The van der Waals surface area contributed by atoms with Crippen LogP contribution in [0.3, 0.4) is 0 Å². The lowest BCUT2D eigenvalue weighted by Gasteiger charge is -2.30. The topological polar surface area (TPSA) is 52.3 Å². The predicted octanol–water partition coefficient (Wildman–Crippen LogP) is 3.83. The molecule has 0 spiro atoms. The number of benzene rings is 1. The minimum atomic E-state index is -0.450. The average Bonchev–Trinajstić information content (AvgIpc) is 2.72. The van der Waals surface area contributed by atoms with Crippen molar-refractivity contribution < 1.29 is 9.53 Å². The number of nitrogens with two attached hydrogens (primary N) is 1. The Morgan fingerprint density at radius 1 is 1.30 bits per heavy atom. The van der Waals surface area contributed by atoms with E-state index in [0.717, 1.165) is 25.7 Å². The number of rotatable bonds is 4. The third kappa shape index (κ3) is 2.99. The van der Waals surface area contributed by atoms with Crippen molar-refractivity contribution in [1.82, 2.24) is 0 Å². The average molecular weight is 296 g/mol. The van der Waals surface area contributed by atoms with Gasteiger partial charge in [0.05, 0.1) is 12.7 Å². The van der Waals surface area contributed by atoms with Crippen LogP contribution in [0, 0.1) is 5.41 Å². The zero-order valence-corrected chi connectivity index (χ0v) is 12.7. The maximum atomic E-state index is 13.0. The van der Waals surface area contributed by atoms with Crippen molar-refractivity contribution in [3.63, 3.8) is 0 Å². The zero-order chi connectivity index (χ0) is 14.6. The smallest absolute Gasteiger partial charge is 0.174 e. The van der Waals surface area contributed by atoms with E-state index in [4.69, 9.17) is 22.1 Å². The molecular formula is C16H22ClNO2. The zero-order valence-electron chi connectivity index (χ0n) is 12.0. The first-order chi connectivity index (χ1) is 9.63. The highest BCUT2D eigenvalue weighted by molar-refractivity contribution is 6.31. The van der Waals surface area contributed by atoms with Crippen LogP contribution in [0.1, 0.15) is 48.9 Å². The Kier molecular flexibility index (Phi) is 5.06. The molecule has 1 fully saturated rings. The van der Waals surface area contributed by atoms with Crippen LogP contribution >= 0.6 is 11.6 Å². The Labute approximate surface area is 125 Å². The molecule has 2 N–H and O–H groups in total. The second kappa shape index (κ2) is 6.59. The van der Waals surface area contributed by atoms with Gasteiger partial charge in [-0.2, -0.15) is 0 Å². The van der Waals surface area contributed by atoms with Gasteiger partial charge in [-0.3, -0.25) is 4.79 Å². The van der Waals surface area contributed by atoms with Gasteiger partial charge in [0.15, 0.2) is 5.78 Å². The molecule has 0 aliphatic heterocycles. The summed E-state index contributed by atoms with van der Waals surface area (Å²) in [6.07, 6.45) is 6.21. The van der Waals surface area contributed by atoms with Crippen LogP contribution in [0.15, 0.2) is 18.2 Å². The number of ether oxygens (including phenoxy) is 1. The van der Waals surface area contributed by atoms with E-state index in [2.05, 4.69) is 0 Å². The molecule has 4 heteroatoms. The SMILES string of the molecule is COc1ccc(Cl)cc1C(=O)C1(CN)CCCCCC1. The molecule has 0 unspecified atom stereocenters. The van der Waals surface area contributed by atoms with E-state index in [1.807, 2.05) is 0 Å². The van der Waals surface area contributed by atoms with E-state index in [-0.39, 0.29) is 5.78 Å².